The Bertz CT molecular complexity index is 324. The first-order valence-electron chi connectivity index (χ1n) is 6.63. The Morgan fingerprint density at radius 3 is 2.44 bits per heavy atom. The van der Waals surface area contributed by atoms with Crippen LogP contribution in [0, 0.1) is 5.92 Å². The summed E-state index contributed by atoms with van der Waals surface area (Å²) >= 11 is 3.45. The lowest BCUT2D eigenvalue weighted by Gasteiger charge is -2.14. The van der Waals surface area contributed by atoms with E-state index in [1.807, 2.05) is 0 Å². The number of ether oxygens (including phenoxy) is 1. The summed E-state index contributed by atoms with van der Waals surface area (Å²) in [5.41, 5.74) is 1.36. The van der Waals surface area contributed by atoms with Gasteiger partial charge in [-0.05, 0) is 37.0 Å². The Hall–Kier alpha value is -0.380. The molecule has 0 spiro atoms. The van der Waals surface area contributed by atoms with Gasteiger partial charge in [-0.25, -0.2) is 0 Å². The molecule has 0 aromatic heterocycles. The van der Waals surface area contributed by atoms with Crippen molar-refractivity contribution < 1.29 is 4.74 Å². The van der Waals surface area contributed by atoms with Crippen molar-refractivity contribution in [3.63, 3.8) is 0 Å². The van der Waals surface area contributed by atoms with Crippen molar-refractivity contribution in [1.82, 2.24) is 5.32 Å². The molecule has 1 unspecified atom stereocenters. The largest absolute Gasteiger partial charge is 0.380 e. The Kier molecular flexibility index (Phi) is 7.56. The van der Waals surface area contributed by atoms with Gasteiger partial charge < -0.3 is 10.1 Å². The van der Waals surface area contributed by atoms with Crippen LogP contribution in [0.4, 0.5) is 0 Å². The number of rotatable bonds is 8. The van der Waals surface area contributed by atoms with Gasteiger partial charge in [-0.1, -0.05) is 41.9 Å². The highest BCUT2D eigenvalue weighted by Gasteiger charge is 2.02. The Morgan fingerprint density at radius 2 is 1.83 bits per heavy atom. The van der Waals surface area contributed by atoms with Gasteiger partial charge in [0.25, 0.3) is 0 Å². The maximum absolute atomic E-state index is 5.54. The van der Waals surface area contributed by atoms with E-state index in [0.717, 1.165) is 30.7 Å². The van der Waals surface area contributed by atoms with Crippen molar-refractivity contribution in [2.24, 2.45) is 5.92 Å². The molecule has 1 N–H and O–H groups in total. The molecule has 0 aliphatic heterocycles. The van der Waals surface area contributed by atoms with Gasteiger partial charge in [0.1, 0.15) is 0 Å². The molecule has 18 heavy (non-hydrogen) atoms. The maximum Gasteiger partial charge on any atom is 0.0591 e. The monoisotopic (exact) mass is 313 g/mol. The van der Waals surface area contributed by atoms with Crippen LogP contribution in [-0.4, -0.2) is 25.8 Å². The third-order valence-electron chi connectivity index (χ3n) is 2.65. The number of hydrogen-bond donors (Lipinski definition) is 1. The standard InChI is InChI=1S/C15H24BrNO/c1-12(2)11-18-9-8-17-13(3)10-14-4-6-15(16)7-5-14/h4-7,12-13,17H,8-11H2,1-3H3. The summed E-state index contributed by atoms with van der Waals surface area (Å²) < 4.78 is 6.68. The van der Waals surface area contributed by atoms with E-state index in [1.165, 1.54) is 5.56 Å². The highest BCUT2D eigenvalue weighted by molar-refractivity contribution is 9.10. The topological polar surface area (TPSA) is 21.3 Å². The molecule has 1 aromatic carbocycles. The Morgan fingerprint density at radius 1 is 1.17 bits per heavy atom. The molecule has 0 radical (unpaired) electrons. The van der Waals surface area contributed by atoms with Gasteiger partial charge in [0.15, 0.2) is 0 Å². The van der Waals surface area contributed by atoms with E-state index in [1.54, 1.807) is 0 Å². The number of hydrogen-bond acceptors (Lipinski definition) is 2. The highest BCUT2D eigenvalue weighted by Crippen LogP contribution is 2.11. The molecule has 0 saturated heterocycles. The molecule has 3 heteroatoms. The van der Waals surface area contributed by atoms with E-state index >= 15 is 0 Å². The summed E-state index contributed by atoms with van der Waals surface area (Å²) in [6.45, 7) is 9.12. The minimum Gasteiger partial charge on any atom is -0.380 e. The summed E-state index contributed by atoms with van der Waals surface area (Å²) in [5.74, 6) is 0.616. The summed E-state index contributed by atoms with van der Waals surface area (Å²) in [6, 6.07) is 8.99. The molecule has 1 aromatic rings. The molecule has 102 valence electrons. The molecule has 0 saturated carbocycles. The van der Waals surface area contributed by atoms with Crippen LogP contribution in [0.1, 0.15) is 26.3 Å². The van der Waals surface area contributed by atoms with Crippen LogP contribution in [-0.2, 0) is 11.2 Å². The fourth-order valence-electron chi connectivity index (χ4n) is 1.74. The van der Waals surface area contributed by atoms with Crippen molar-refractivity contribution in [2.45, 2.75) is 33.2 Å². The van der Waals surface area contributed by atoms with Gasteiger partial charge in [0, 0.05) is 23.7 Å². The summed E-state index contributed by atoms with van der Waals surface area (Å²) in [4.78, 5) is 0. The van der Waals surface area contributed by atoms with Gasteiger partial charge in [0.2, 0.25) is 0 Å². The highest BCUT2D eigenvalue weighted by atomic mass is 79.9. The SMILES string of the molecule is CC(C)COCCNC(C)Cc1ccc(Br)cc1. The molecular formula is C15H24BrNO. The molecule has 1 rings (SSSR count). The van der Waals surface area contributed by atoms with Crippen molar-refractivity contribution in [1.29, 1.82) is 0 Å². The zero-order valence-electron chi connectivity index (χ0n) is 11.6. The molecule has 0 aliphatic carbocycles. The first-order valence-corrected chi connectivity index (χ1v) is 7.43. The molecule has 0 fully saturated rings. The molecule has 2 nitrogen and oxygen atoms in total. The van der Waals surface area contributed by atoms with Crippen molar-refractivity contribution in [3.8, 4) is 0 Å². The smallest absolute Gasteiger partial charge is 0.0591 e. The molecule has 0 amide bonds. The maximum atomic E-state index is 5.54. The first-order chi connectivity index (χ1) is 8.58. The van der Waals surface area contributed by atoms with Crippen LogP contribution in [0.25, 0.3) is 0 Å². The van der Waals surface area contributed by atoms with Gasteiger partial charge in [-0.3, -0.25) is 0 Å². The predicted octanol–water partition coefficient (Wildman–Crippen LogP) is 3.64. The van der Waals surface area contributed by atoms with E-state index in [4.69, 9.17) is 4.74 Å². The zero-order valence-corrected chi connectivity index (χ0v) is 13.2. The fourth-order valence-corrected chi connectivity index (χ4v) is 2.01. The minimum atomic E-state index is 0.480. The van der Waals surface area contributed by atoms with Crippen LogP contribution < -0.4 is 5.32 Å². The van der Waals surface area contributed by atoms with E-state index in [2.05, 4.69) is 66.3 Å². The number of halogens is 1. The van der Waals surface area contributed by atoms with Gasteiger partial charge in [-0.2, -0.15) is 0 Å². The molecule has 0 bridgehead atoms. The normalized spacial score (nSPS) is 12.9. The van der Waals surface area contributed by atoms with Crippen LogP contribution in [0.15, 0.2) is 28.7 Å². The Labute approximate surface area is 119 Å². The minimum absolute atomic E-state index is 0.480. The van der Waals surface area contributed by atoms with Crippen LogP contribution in [0.3, 0.4) is 0 Å². The lowest BCUT2D eigenvalue weighted by atomic mass is 10.1. The fraction of sp³-hybridized carbons (Fsp3) is 0.600. The van der Waals surface area contributed by atoms with Crippen LogP contribution >= 0.6 is 15.9 Å². The molecule has 0 aliphatic rings. The lowest BCUT2D eigenvalue weighted by molar-refractivity contribution is 0.110. The average Bonchev–Trinajstić information content (AvgIpc) is 2.31. The summed E-state index contributed by atoms with van der Waals surface area (Å²) in [5, 5.41) is 3.48. The van der Waals surface area contributed by atoms with E-state index in [0.29, 0.717) is 12.0 Å². The van der Waals surface area contributed by atoms with Gasteiger partial charge >= 0.3 is 0 Å². The first kappa shape index (κ1) is 15.7. The van der Waals surface area contributed by atoms with Crippen molar-refractivity contribution in [2.75, 3.05) is 19.8 Å². The average molecular weight is 314 g/mol. The number of nitrogens with one attached hydrogen (secondary N) is 1. The Balaban J connectivity index is 2.13. The van der Waals surface area contributed by atoms with Crippen molar-refractivity contribution in [3.05, 3.63) is 34.3 Å². The van der Waals surface area contributed by atoms with E-state index < -0.39 is 0 Å². The second-order valence-electron chi connectivity index (χ2n) is 5.15. The molecule has 0 heterocycles. The third kappa shape index (κ3) is 7.14. The van der Waals surface area contributed by atoms with Gasteiger partial charge in [0.05, 0.1) is 6.61 Å². The van der Waals surface area contributed by atoms with E-state index in [9.17, 15) is 0 Å². The lowest BCUT2D eigenvalue weighted by Crippen LogP contribution is -2.31. The second kappa shape index (κ2) is 8.68. The zero-order chi connectivity index (χ0) is 13.4. The van der Waals surface area contributed by atoms with Crippen molar-refractivity contribution >= 4 is 15.9 Å². The molecule has 1 atom stereocenters. The summed E-state index contributed by atoms with van der Waals surface area (Å²) in [6.07, 6.45) is 1.05. The van der Waals surface area contributed by atoms with E-state index in [-0.39, 0.29) is 0 Å². The van der Waals surface area contributed by atoms with Crippen LogP contribution in [0.2, 0.25) is 0 Å². The predicted molar refractivity (Wildman–Crippen MR) is 81.0 cm³/mol. The molecular weight excluding hydrogens is 290 g/mol. The number of benzene rings is 1. The second-order valence-corrected chi connectivity index (χ2v) is 6.07. The quantitative estimate of drug-likeness (QED) is 0.740. The van der Waals surface area contributed by atoms with Crippen LogP contribution in [0.5, 0.6) is 0 Å². The summed E-state index contributed by atoms with van der Waals surface area (Å²) in [7, 11) is 0. The third-order valence-corrected chi connectivity index (χ3v) is 3.17. The van der Waals surface area contributed by atoms with Gasteiger partial charge in [-0.15, -0.1) is 0 Å².